The summed E-state index contributed by atoms with van der Waals surface area (Å²) in [6, 6.07) is 14.8. The summed E-state index contributed by atoms with van der Waals surface area (Å²) in [6.07, 6.45) is 1.78. The lowest BCUT2D eigenvalue weighted by Crippen LogP contribution is -2.34. The van der Waals surface area contributed by atoms with E-state index in [1.54, 1.807) is 19.2 Å². The van der Waals surface area contributed by atoms with Crippen LogP contribution in [0, 0.1) is 0 Å². The molecule has 6 heteroatoms. The fourth-order valence-corrected chi connectivity index (χ4v) is 4.01. The van der Waals surface area contributed by atoms with Crippen LogP contribution < -0.4 is 4.74 Å². The van der Waals surface area contributed by atoms with Gasteiger partial charge in [-0.2, -0.15) is 0 Å². The average molecular weight is 432 g/mol. The van der Waals surface area contributed by atoms with E-state index in [1.807, 2.05) is 41.3 Å². The number of amides is 1. The van der Waals surface area contributed by atoms with Crippen LogP contribution >= 0.6 is 0 Å². The number of phenolic OH excluding ortho intramolecular Hbond substituents is 1. The van der Waals surface area contributed by atoms with Crippen LogP contribution in [0.25, 0.3) is 11.3 Å². The summed E-state index contributed by atoms with van der Waals surface area (Å²) in [5.41, 5.74) is 4.96. The van der Waals surface area contributed by atoms with Gasteiger partial charge in [0.2, 0.25) is 5.91 Å². The third-order valence-corrected chi connectivity index (χ3v) is 5.88. The van der Waals surface area contributed by atoms with Crippen molar-refractivity contribution in [1.82, 2.24) is 14.9 Å². The van der Waals surface area contributed by atoms with E-state index in [1.165, 1.54) is 0 Å². The maximum Gasteiger partial charge on any atom is 0.227 e. The Labute approximate surface area is 188 Å². The Kier molecular flexibility index (Phi) is 6.40. The van der Waals surface area contributed by atoms with Gasteiger partial charge in [0.15, 0.2) is 0 Å². The Morgan fingerprint density at radius 3 is 2.38 bits per heavy atom. The molecule has 0 atom stereocenters. The molecule has 1 N–H and O–H groups in total. The molecule has 0 saturated heterocycles. The van der Waals surface area contributed by atoms with Crippen molar-refractivity contribution in [3.8, 4) is 22.8 Å². The van der Waals surface area contributed by atoms with E-state index in [-0.39, 0.29) is 17.6 Å². The van der Waals surface area contributed by atoms with E-state index < -0.39 is 0 Å². The first-order chi connectivity index (χ1) is 15.4. The average Bonchev–Trinajstić information content (AvgIpc) is 3.02. The van der Waals surface area contributed by atoms with Crippen LogP contribution in [0.1, 0.15) is 42.4 Å². The molecule has 3 aromatic rings. The largest absolute Gasteiger partial charge is 0.508 e. The third kappa shape index (κ3) is 4.74. The maximum atomic E-state index is 13.0. The molecule has 0 aliphatic carbocycles. The standard InChI is InChI=1S/C26H29N3O3/c1-17(2)26-27-23-13-15-29(24(31)16-18-4-10-21(32-3)11-5-18)14-12-22(23)25(28-26)19-6-8-20(30)9-7-19/h4-11,17,30H,12-16H2,1-3H3. The fraction of sp³-hybridized carbons (Fsp3) is 0.346. The quantitative estimate of drug-likeness (QED) is 0.657. The summed E-state index contributed by atoms with van der Waals surface area (Å²) in [6.45, 7) is 5.45. The lowest BCUT2D eigenvalue weighted by Gasteiger charge is -2.20. The molecule has 4 rings (SSSR count). The summed E-state index contributed by atoms with van der Waals surface area (Å²) in [5.74, 6) is 2.14. The minimum Gasteiger partial charge on any atom is -0.508 e. The molecule has 1 aliphatic heterocycles. The highest BCUT2D eigenvalue weighted by atomic mass is 16.5. The van der Waals surface area contributed by atoms with Gasteiger partial charge in [-0.05, 0) is 48.4 Å². The Bertz CT molecular complexity index is 1090. The van der Waals surface area contributed by atoms with Crippen LogP contribution in [0.3, 0.4) is 0 Å². The molecule has 0 unspecified atom stereocenters. The molecular weight excluding hydrogens is 402 g/mol. The van der Waals surface area contributed by atoms with Crippen molar-refractivity contribution >= 4 is 5.91 Å². The number of rotatable bonds is 5. The number of carbonyl (C=O) groups excluding carboxylic acids is 1. The lowest BCUT2D eigenvalue weighted by atomic mass is 10.00. The van der Waals surface area contributed by atoms with Gasteiger partial charge in [0.25, 0.3) is 0 Å². The molecule has 2 heterocycles. The predicted octanol–water partition coefficient (Wildman–Crippen LogP) is 4.15. The molecule has 0 bridgehead atoms. The molecule has 0 fully saturated rings. The molecule has 1 aromatic heterocycles. The zero-order valence-electron chi connectivity index (χ0n) is 18.8. The van der Waals surface area contributed by atoms with Crippen LogP contribution in [0.15, 0.2) is 48.5 Å². The Balaban J connectivity index is 1.57. The van der Waals surface area contributed by atoms with E-state index >= 15 is 0 Å². The third-order valence-electron chi connectivity index (χ3n) is 5.88. The smallest absolute Gasteiger partial charge is 0.227 e. The van der Waals surface area contributed by atoms with Crippen molar-refractivity contribution in [3.05, 3.63) is 71.2 Å². The van der Waals surface area contributed by atoms with Gasteiger partial charge in [-0.1, -0.05) is 26.0 Å². The SMILES string of the molecule is COc1ccc(CC(=O)N2CCc3nc(C(C)C)nc(-c4ccc(O)cc4)c3CC2)cc1. The van der Waals surface area contributed by atoms with E-state index in [4.69, 9.17) is 14.7 Å². The number of fused-ring (bicyclic) bond motifs is 1. The second kappa shape index (κ2) is 9.39. The summed E-state index contributed by atoms with van der Waals surface area (Å²) < 4.78 is 5.20. The summed E-state index contributed by atoms with van der Waals surface area (Å²) in [5, 5.41) is 9.69. The van der Waals surface area contributed by atoms with Crippen LogP contribution in [-0.2, 0) is 24.1 Å². The number of benzene rings is 2. The zero-order valence-corrected chi connectivity index (χ0v) is 18.8. The predicted molar refractivity (Wildman–Crippen MR) is 124 cm³/mol. The van der Waals surface area contributed by atoms with Crippen molar-refractivity contribution < 1.29 is 14.6 Å². The molecule has 0 spiro atoms. The highest BCUT2D eigenvalue weighted by molar-refractivity contribution is 5.79. The first-order valence-electron chi connectivity index (χ1n) is 11.0. The Morgan fingerprint density at radius 1 is 1.03 bits per heavy atom. The first-order valence-corrected chi connectivity index (χ1v) is 11.0. The number of aromatic hydroxyl groups is 1. The molecular formula is C26H29N3O3. The van der Waals surface area contributed by atoms with Crippen molar-refractivity contribution in [1.29, 1.82) is 0 Å². The molecule has 0 radical (unpaired) electrons. The van der Waals surface area contributed by atoms with Crippen molar-refractivity contribution in [2.24, 2.45) is 0 Å². The van der Waals surface area contributed by atoms with Crippen LogP contribution in [0.4, 0.5) is 0 Å². The number of hydrogen-bond donors (Lipinski definition) is 1. The van der Waals surface area contributed by atoms with Crippen molar-refractivity contribution in [2.75, 3.05) is 20.2 Å². The highest BCUT2D eigenvalue weighted by Crippen LogP contribution is 2.29. The number of carbonyl (C=O) groups is 1. The van der Waals surface area contributed by atoms with Gasteiger partial charge in [0.1, 0.15) is 17.3 Å². The Hall–Kier alpha value is -3.41. The maximum absolute atomic E-state index is 13.0. The number of phenols is 1. The minimum atomic E-state index is 0.117. The number of hydrogen-bond acceptors (Lipinski definition) is 5. The number of ether oxygens (including phenoxy) is 1. The molecule has 166 valence electrons. The molecule has 2 aromatic carbocycles. The van der Waals surface area contributed by atoms with Gasteiger partial charge in [-0.15, -0.1) is 0 Å². The molecule has 1 aliphatic rings. The van der Waals surface area contributed by atoms with Crippen LogP contribution in [-0.4, -0.2) is 46.1 Å². The molecule has 0 saturated carbocycles. The first kappa shape index (κ1) is 21.8. The Morgan fingerprint density at radius 2 is 1.72 bits per heavy atom. The van der Waals surface area contributed by atoms with Crippen LogP contribution in [0.2, 0.25) is 0 Å². The summed E-state index contributed by atoms with van der Waals surface area (Å²) in [4.78, 5) is 24.7. The lowest BCUT2D eigenvalue weighted by molar-refractivity contribution is -0.130. The second-order valence-electron chi connectivity index (χ2n) is 8.46. The topological polar surface area (TPSA) is 75.5 Å². The van der Waals surface area contributed by atoms with E-state index in [0.717, 1.165) is 39.7 Å². The van der Waals surface area contributed by atoms with Gasteiger partial charge in [-0.25, -0.2) is 9.97 Å². The fourth-order valence-electron chi connectivity index (χ4n) is 4.01. The van der Waals surface area contributed by atoms with Gasteiger partial charge >= 0.3 is 0 Å². The van der Waals surface area contributed by atoms with E-state index in [0.29, 0.717) is 32.4 Å². The minimum absolute atomic E-state index is 0.117. The van der Waals surface area contributed by atoms with Crippen molar-refractivity contribution in [3.63, 3.8) is 0 Å². The molecule has 6 nitrogen and oxygen atoms in total. The molecule has 1 amide bonds. The van der Waals surface area contributed by atoms with Crippen LogP contribution in [0.5, 0.6) is 11.5 Å². The van der Waals surface area contributed by atoms with E-state index in [2.05, 4.69) is 13.8 Å². The second-order valence-corrected chi connectivity index (χ2v) is 8.46. The van der Waals surface area contributed by atoms with Gasteiger partial charge < -0.3 is 14.7 Å². The summed E-state index contributed by atoms with van der Waals surface area (Å²) in [7, 11) is 1.63. The van der Waals surface area contributed by atoms with Gasteiger partial charge in [0.05, 0.1) is 19.2 Å². The molecule has 32 heavy (non-hydrogen) atoms. The normalized spacial score (nSPS) is 13.6. The summed E-state index contributed by atoms with van der Waals surface area (Å²) >= 11 is 0. The zero-order chi connectivity index (χ0) is 22.7. The number of aromatic nitrogens is 2. The van der Waals surface area contributed by atoms with Gasteiger partial charge in [0, 0.05) is 42.2 Å². The van der Waals surface area contributed by atoms with Gasteiger partial charge in [-0.3, -0.25) is 4.79 Å². The highest BCUT2D eigenvalue weighted by Gasteiger charge is 2.24. The monoisotopic (exact) mass is 431 g/mol. The van der Waals surface area contributed by atoms with E-state index in [9.17, 15) is 9.90 Å². The number of methoxy groups -OCH3 is 1. The number of nitrogens with zero attached hydrogens (tertiary/aromatic N) is 3. The van der Waals surface area contributed by atoms with Crippen molar-refractivity contribution in [2.45, 2.75) is 39.0 Å².